The molecule has 0 amide bonds. The quantitative estimate of drug-likeness (QED) is 0.563. The van der Waals surface area contributed by atoms with E-state index in [2.05, 4.69) is 45.2 Å². The molecule has 0 bridgehead atoms. The van der Waals surface area contributed by atoms with Gasteiger partial charge in [-0.2, -0.15) is 0 Å². The lowest BCUT2D eigenvalue weighted by atomic mass is 10.1. The number of aliphatic imine (C=N–C) groups is 1. The first kappa shape index (κ1) is 21.2. The van der Waals surface area contributed by atoms with Crippen LogP contribution < -0.4 is 19.7 Å². The van der Waals surface area contributed by atoms with Crippen LogP contribution in [0, 0.1) is 0 Å². The number of piperazine rings is 1. The van der Waals surface area contributed by atoms with Gasteiger partial charge in [0.05, 0.1) is 6.54 Å². The number of hydrogen-bond donors (Lipinski definition) is 1. The Kier molecular flexibility index (Phi) is 6.76. The Hall–Kier alpha value is -3.00. The summed E-state index contributed by atoms with van der Waals surface area (Å²) < 4.78 is 10.9. The van der Waals surface area contributed by atoms with E-state index >= 15 is 0 Å². The van der Waals surface area contributed by atoms with Crippen molar-refractivity contribution >= 4 is 11.8 Å². The van der Waals surface area contributed by atoms with Crippen LogP contribution in [0.1, 0.15) is 18.1 Å². The van der Waals surface area contributed by atoms with Crippen LogP contribution in [-0.2, 0) is 13.1 Å². The lowest BCUT2D eigenvalue weighted by molar-refractivity contribution is 0.171. The Morgan fingerprint density at radius 2 is 1.87 bits per heavy atom. The van der Waals surface area contributed by atoms with Gasteiger partial charge in [0.1, 0.15) is 5.82 Å². The Bertz CT molecular complexity index is 909. The van der Waals surface area contributed by atoms with E-state index in [4.69, 9.17) is 14.5 Å². The third-order valence-corrected chi connectivity index (χ3v) is 5.53. The van der Waals surface area contributed by atoms with Gasteiger partial charge in [-0.15, -0.1) is 0 Å². The highest BCUT2D eigenvalue weighted by molar-refractivity contribution is 5.80. The van der Waals surface area contributed by atoms with Crippen LogP contribution in [0.2, 0.25) is 0 Å². The van der Waals surface area contributed by atoms with Gasteiger partial charge < -0.3 is 24.6 Å². The second kappa shape index (κ2) is 9.87. The molecule has 1 N–H and O–H groups in total. The molecule has 0 radical (unpaired) electrons. The van der Waals surface area contributed by atoms with Crippen LogP contribution in [0.4, 0.5) is 5.82 Å². The van der Waals surface area contributed by atoms with Gasteiger partial charge >= 0.3 is 0 Å². The molecule has 2 aromatic rings. The summed E-state index contributed by atoms with van der Waals surface area (Å²) in [5.74, 6) is 3.63. The van der Waals surface area contributed by atoms with Crippen molar-refractivity contribution in [2.45, 2.75) is 20.0 Å². The van der Waals surface area contributed by atoms with E-state index in [0.29, 0.717) is 13.3 Å². The van der Waals surface area contributed by atoms with Crippen LogP contribution in [0.5, 0.6) is 11.5 Å². The van der Waals surface area contributed by atoms with Crippen molar-refractivity contribution in [2.75, 3.05) is 58.5 Å². The summed E-state index contributed by atoms with van der Waals surface area (Å²) in [4.78, 5) is 16.1. The molecule has 0 aliphatic carbocycles. The minimum absolute atomic E-state index is 0.319. The fourth-order valence-corrected chi connectivity index (χ4v) is 3.81. The SMILES string of the molecule is CCNC(=NCc1ccnc(N(C)C)c1)N1CCN(Cc2ccc3c(c2)OCO3)CC1. The van der Waals surface area contributed by atoms with Crippen molar-refractivity contribution in [3.05, 3.63) is 47.7 Å². The van der Waals surface area contributed by atoms with E-state index in [1.807, 2.05) is 37.3 Å². The maximum Gasteiger partial charge on any atom is 0.231 e. The average Bonchev–Trinajstić information content (AvgIpc) is 3.25. The summed E-state index contributed by atoms with van der Waals surface area (Å²) in [5, 5.41) is 3.45. The van der Waals surface area contributed by atoms with Gasteiger partial charge in [-0.25, -0.2) is 9.98 Å². The van der Waals surface area contributed by atoms with Crippen molar-refractivity contribution in [1.82, 2.24) is 20.1 Å². The van der Waals surface area contributed by atoms with Gasteiger partial charge in [0.25, 0.3) is 0 Å². The lowest BCUT2D eigenvalue weighted by Crippen LogP contribution is -2.52. The molecule has 8 nitrogen and oxygen atoms in total. The highest BCUT2D eigenvalue weighted by Gasteiger charge is 2.21. The second-order valence-corrected chi connectivity index (χ2v) is 8.04. The number of hydrogen-bond acceptors (Lipinski definition) is 6. The topological polar surface area (TPSA) is 65.5 Å². The molecule has 2 aliphatic rings. The molecular weight excluding hydrogens is 392 g/mol. The predicted molar refractivity (Wildman–Crippen MR) is 123 cm³/mol. The van der Waals surface area contributed by atoms with Crippen molar-refractivity contribution in [3.8, 4) is 11.5 Å². The van der Waals surface area contributed by atoms with E-state index in [-0.39, 0.29) is 0 Å². The van der Waals surface area contributed by atoms with Gasteiger partial charge in [-0.3, -0.25) is 4.90 Å². The lowest BCUT2D eigenvalue weighted by Gasteiger charge is -2.36. The first-order valence-electron chi connectivity index (χ1n) is 10.9. The molecule has 166 valence electrons. The molecule has 4 rings (SSSR count). The van der Waals surface area contributed by atoms with Crippen molar-refractivity contribution < 1.29 is 9.47 Å². The molecule has 0 unspecified atom stereocenters. The van der Waals surface area contributed by atoms with E-state index in [0.717, 1.165) is 68.1 Å². The van der Waals surface area contributed by atoms with E-state index in [1.165, 1.54) is 5.56 Å². The molecule has 0 atom stereocenters. The van der Waals surface area contributed by atoms with Crippen LogP contribution in [0.15, 0.2) is 41.5 Å². The van der Waals surface area contributed by atoms with Crippen LogP contribution >= 0.6 is 0 Å². The zero-order valence-electron chi connectivity index (χ0n) is 18.7. The number of aromatic nitrogens is 1. The third kappa shape index (κ3) is 5.38. The first-order chi connectivity index (χ1) is 15.1. The summed E-state index contributed by atoms with van der Waals surface area (Å²) in [7, 11) is 4.00. The average molecular weight is 425 g/mol. The minimum atomic E-state index is 0.319. The Morgan fingerprint density at radius 3 is 2.65 bits per heavy atom. The zero-order chi connectivity index (χ0) is 21.6. The van der Waals surface area contributed by atoms with Gasteiger partial charge in [0.2, 0.25) is 6.79 Å². The number of ether oxygens (including phenoxy) is 2. The molecule has 1 aromatic carbocycles. The van der Waals surface area contributed by atoms with Crippen molar-refractivity contribution in [1.29, 1.82) is 0 Å². The maximum absolute atomic E-state index is 5.51. The minimum Gasteiger partial charge on any atom is -0.454 e. The van der Waals surface area contributed by atoms with E-state index < -0.39 is 0 Å². The fourth-order valence-electron chi connectivity index (χ4n) is 3.81. The molecular formula is C23H32N6O2. The highest BCUT2D eigenvalue weighted by Crippen LogP contribution is 2.32. The number of nitrogens with zero attached hydrogens (tertiary/aromatic N) is 5. The molecule has 3 heterocycles. The smallest absolute Gasteiger partial charge is 0.231 e. The van der Waals surface area contributed by atoms with Gasteiger partial charge in [0, 0.05) is 59.6 Å². The number of fused-ring (bicyclic) bond motifs is 1. The number of benzene rings is 1. The van der Waals surface area contributed by atoms with Gasteiger partial charge in [0.15, 0.2) is 17.5 Å². The Morgan fingerprint density at radius 1 is 1.06 bits per heavy atom. The Balaban J connectivity index is 1.34. The summed E-state index contributed by atoms with van der Waals surface area (Å²) in [6, 6.07) is 10.4. The number of pyridine rings is 1. The number of rotatable bonds is 6. The molecule has 0 spiro atoms. The van der Waals surface area contributed by atoms with Crippen molar-refractivity contribution in [3.63, 3.8) is 0 Å². The highest BCUT2D eigenvalue weighted by atomic mass is 16.7. The standard InChI is InChI=1S/C23H32N6O2/c1-4-24-23(26-15-18-7-8-25-22(14-18)27(2)3)29-11-9-28(10-12-29)16-19-5-6-20-21(13-19)31-17-30-20/h5-8,13-14H,4,9-12,15-17H2,1-3H3,(H,24,26). The van der Waals surface area contributed by atoms with Crippen LogP contribution in [0.3, 0.4) is 0 Å². The monoisotopic (exact) mass is 424 g/mol. The van der Waals surface area contributed by atoms with Crippen LogP contribution in [0.25, 0.3) is 0 Å². The molecule has 8 heteroatoms. The van der Waals surface area contributed by atoms with E-state index in [9.17, 15) is 0 Å². The van der Waals surface area contributed by atoms with Gasteiger partial charge in [-0.1, -0.05) is 6.07 Å². The molecule has 31 heavy (non-hydrogen) atoms. The number of anilines is 1. The third-order valence-electron chi connectivity index (χ3n) is 5.53. The zero-order valence-corrected chi connectivity index (χ0v) is 18.7. The summed E-state index contributed by atoms with van der Waals surface area (Å²) >= 11 is 0. The summed E-state index contributed by atoms with van der Waals surface area (Å²) in [5.41, 5.74) is 2.42. The predicted octanol–water partition coefficient (Wildman–Crippen LogP) is 2.16. The first-order valence-corrected chi connectivity index (χ1v) is 10.9. The van der Waals surface area contributed by atoms with Crippen LogP contribution in [-0.4, -0.2) is 74.4 Å². The largest absolute Gasteiger partial charge is 0.454 e. The molecule has 2 aliphatic heterocycles. The molecule has 1 saturated heterocycles. The molecule has 1 aromatic heterocycles. The fraction of sp³-hybridized carbons (Fsp3) is 0.478. The van der Waals surface area contributed by atoms with E-state index in [1.54, 1.807) is 0 Å². The maximum atomic E-state index is 5.51. The molecule has 1 fully saturated rings. The summed E-state index contributed by atoms with van der Waals surface area (Å²) in [6.07, 6.45) is 1.85. The molecule has 0 saturated carbocycles. The van der Waals surface area contributed by atoms with Gasteiger partial charge in [-0.05, 0) is 42.3 Å². The summed E-state index contributed by atoms with van der Waals surface area (Å²) in [6.45, 7) is 8.76. The number of nitrogens with one attached hydrogen (secondary N) is 1. The number of guanidine groups is 1. The van der Waals surface area contributed by atoms with Crippen molar-refractivity contribution in [2.24, 2.45) is 4.99 Å². The normalized spacial score (nSPS) is 16.5. The Labute approximate surface area is 184 Å². The second-order valence-electron chi connectivity index (χ2n) is 8.04.